The van der Waals surface area contributed by atoms with Gasteiger partial charge in [0.25, 0.3) is 0 Å². The molecule has 1 N–H and O–H groups in total. The Morgan fingerprint density at radius 3 is 2.29 bits per heavy atom. The van der Waals surface area contributed by atoms with Crippen molar-refractivity contribution in [2.45, 2.75) is 57.9 Å². The molecule has 1 nitrogen and oxygen atoms in total. The molecule has 1 saturated carbocycles. The quantitative estimate of drug-likeness (QED) is 0.710. The molecule has 118 valence electrons. The Morgan fingerprint density at radius 1 is 1.10 bits per heavy atom. The second-order valence-electron chi connectivity index (χ2n) is 5.93. The second-order valence-corrected chi connectivity index (χ2v) is 6.34. The van der Waals surface area contributed by atoms with Crippen molar-refractivity contribution in [3.63, 3.8) is 0 Å². The predicted octanol–water partition coefficient (Wildman–Crippen LogP) is 5.63. The van der Waals surface area contributed by atoms with Crippen molar-refractivity contribution >= 4 is 11.6 Å². The minimum atomic E-state index is -0.878. The summed E-state index contributed by atoms with van der Waals surface area (Å²) in [6.45, 7) is 2.82. The van der Waals surface area contributed by atoms with E-state index in [1.54, 1.807) is 0 Å². The van der Waals surface area contributed by atoms with Crippen LogP contribution in [0.5, 0.6) is 0 Å². The normalized spacial score (nSPS) is 19.0. The summed E-state index contributed by atoms with van der Waals surface area (Å²) >= 11 is 6.18. The molecule has 0 spiro atoms. The van der Waals surface area contributed by atoms with Gasteiger partial charge in [0.15, 0.2) is 11.6 Å². The summed E-state index contributed by atoms with van der Waals surface area (Å²) < 4.78 is 26.9. The average Bonchev–Trinajstić information content (AvgIpc) is 2.41. The minimum absolute atomic E-state index is 0.00991. The molecule has 0 heterocycles. The number of benzene rings is 1. The topological polar surface area (TPSA) is 12.0 Å². The maximum Gasteiger partial charge on any atom is 0.160 e. The molecule has 1 unspecified atom stereocenters. The highest BCUT2D eigenvalue weighted by atomic mass is 35.5. The van der Waals surface area contributed by atoms with Crippen LogP contribution in [0.4, 0.5) is 8.78 Å². The van der Waals surface area contributed by atoms with Gasteiger partial charge in [-0.25, -0.2) is 8.78 Å². The highest BCUT2D eigenvalue weighted by Gasteiger charge is 2.26. The summed E-state index contributed by atoms with van der Waals surface area (Å²) in [5, 5.41) is 3.75. The van der Waals surface area contributed by atoms with Crippen molar-refractivity contribution < 1.29 is 8.78 Å². The zero-order valence-corrected chi connectivity index (χ0v) is 13.4. The summed E-state index contributed by atoms with van der Waals surface area (Å²) in [5.74, 6) is -1.26. The first-order valence-electron chi connectivity index (χ1n) is 8.01. The lowest BCUT2D eigenvalue weighted by molar-refractivity contribution is 0.291. The van der Waals surface area contributed by atoms with Crippen molar-refractivity contribution in [3.8, 4) is 0 Å². The number of halogens is 3. The van der Waals surface area contributed by atoms with E-state index in [-0.39, 0.29) is 6.04 Å². The Balaban J connectivity index is 2.26. The fourth-order valence-corrected chi connectivity index (χ4v) is 3.62. The molecule has 1 aromatic rings. The van der Waals surface area contributed by atoms with Crippen LogP contribution in [0.1, 0.15) is 63.5 Å². The first kappa shape index (κ1) is 16.7. The van der Waals surface area contributed by atoms with Gasteiger partial charge in [-0.3, -0.25) is 0 Å². The second kappa shape index (κ2) is 8.09. The Hall–Kier alpha value is -0.670. The Kier molecular flexibility index (Phi) is 6.43. The number of hydrogen-bond donors (Lipinski definition) is 1. The van der Waals surface area contributed by atoms with Crippen molar-refractivity contribution in [1.82, 2.24) is 5.32 Å². The van der Waals surface area contributed by atoms with Gasteiger partial charge in [-0.15, -0.1) is 0 Å². The van der Waals surface area contributed by atoms with E-state index in [2.05, 4.69) is 5.32 Å². The van der Waals surface area contributed by atoms with E-state index >= 15 is 0 Å². The van der Waals surface area contributed by atoms with Gasteiger partial charge in [-0.2, -0.15) is 0 Å². The molecule has 1 aliphatic carbocycles. The lowest BCUT2D eigenvalue weighted by Crippen LogP contribution is -2.29. The zero-order valence-electron chi connectivity index (χ0n) is 12.6. The minimum Gasteiger partial charge on any atom is -0.310 e. The molecule has 0 saturated heterocycles. The van der Waals surface area contributed by atoms with E-state index in [4.69, 9.17) is 11.6 Å². The maximum absolute atomic E-state index is 13.6. The van der Waals surface area contributed by atoms with Crippen LogP contribution in [-0.2, 0) is 0 Å². The summed E-state index contributed by atoms with van der Waals surface area (Å²) in [5.41, 5.74) is 0.697. The van der Waals surface area contributed by atoms with Crippen molar-refractivity contribution in [1.29, 1.82) is 0 Å². The number of nitrogens with one attached hydrogen (secondary N) is 1. The Labute approximate surface area is 131 Å². The number of hydrogen-bond acceptors (Lipinski definition) is 1. The summed E-state index contributed by atoms with van der Waals surface area (Å²) in [6.07, 6.45) is 8.48. The molecule has 0 aromatic heterocycles. The molecule has 1 atom stereocenters. The standard InChI is InChI=1S/C17H24ClF2N/c1-2-21-17(12-8-6-4-3-5-7-9-12)13-10-15(19)16(20)11-14(13)18/h10-12,17,21H,2-9H2,1H3. The Bertz CT molecular complexity index is 456. The van der Waals surface area contributed by atoms with Gasteiger partial charge >= 0.3 is 0 Å². The molecule has 0 amide bonds. The summed E-state index contributed by atoms with van der Waals surface area (Å²) in [7, 11) is 0. The van der Waals surface area contributed by atoms with Crippen LogP contribution in [0.3, 0.4) is 0 Å². The first-order chi connectivity index (χ1) is 10.1. The van der Waals surface area contributed by atoms with Crippen LogP contribution in [0.2, 0.25) is 5.02 Å². The molecule has 21 heavy (non-hydrogen) atoms. The fraction of sp³-hybridized carbons (Fsp3) is 0.647. The van der Waals surface area contributed by atoms with Gasteiger partial charge in [-0.05, 0) is 43.0 Å². The molecule has 4 heteroatoms. The predicted molar refractivity (Wildman–Crippen MR) is 83.6 cm³/mol. The van der Waals surface area contributed by atoms with Gasteiger partial charge < -0.3 is 5.32 Å². The number of rotatable bonds is 4. The van der Waals surface area contributed by atoms with Gasteiger partial charge in [-0.1, -0.05) is 50.6 Å². The SMILES string of the molecule is CCNC(c1cc(F)c(F)cc1Cl)C1CCCCCCC1. The third kappa shape index (κ3) is 4.40. The monoisotopic (exact) mass is 315 g/mol. The highest BCUT2D eigenvalue weighted by molar-refractivity contribution is 6.31. The largest absolute Gasteiger partial charge is 0.310 e. The third-order valence-corrected chi connectivity index (χ3v) is 4.75. The van der Waals surface area contributed by atoms with E-state index in [9.17, 15) is 8.78 Å². The lowest BCUT2D eigenvalue weighted by Gasteiger charge is -2.30. The molecule has 1 aromatic carbocycles. The first-order valence-corrected chi connectivity index (χ1v) is 8.39. The van der Waals surface area contributed by atoms with E-state index < -0.39 is 11.6 Å². The Morgan fingerprint density at radius 2 is 1.67 bits per heavy atom. The van der Waals surface area contributed by atoms with Crippen LogP contribution in [0, 0.1) is 17.6 Å². The van der Waals surface area contributed by atoms with Crippen molar-refractivity contribution in [3.05, 3.63) is 34.4 Å². The molecule has 0 radical (unpaired) electrons. The molecule has 1 fully saturated rings. The van der Waals surface area contributed by atoms with Crippen LogP contribution in [0.25, 0.3) is 0 Å². The molecule has 0 bridgehead atoms. The zero-order chi connectivity index (χ0) is 15.2. The van der Waals surface area contributed by atoms with Gasteiger partial charge in [0.2, 0.25) is 0 Å². The summed E-state index contributed by atoms with van der Waals surface area (Å²) in [6, 6.07) is 2.37. The molecule has 1 aliphatic rings. The molecular formula is C17H24ClF2N. The molecule has 2 rings (SSSR count). The van der Waals surface area contributed by atoms with Gasteiger partial charge in [0.05, 0.1) is 0 Å². The van der Waals surface area contributed by atoms with E-state index in [1.807, 2.05) is 6.92 Å². The third-order valence-electron chi connectivity index (χ3n) is 4.42. The van der Waals surface area contributed by atoms with E-state index in [0.29, 0.717) is 16.5 Å². The average molecular weight is 316 g/mol. The van der Waals surface area contributed by atoms with Crippen LogP contribution < -0.4 is 5.32 Å². The highest BCUT2D eigenvalue weighted by Crippen LogP contribution is 2.36. The maximum atomic E-state index is 13.6. The van der Waals surface area contributed by atoms with Crippen LogP contribution >= 0.6 is 11.6 Å². The van der Waals surface area contributed by atoms with E-state index in [1.165, 1.54) is 38.2 Å². The van der Waals surface area contributed by atoms with Crippen molar-refractivity contribution in [2.24, 2.45) is 5.92 Å². The molecular weight excluding hydrogens is 292 g/mol. The van der Waals surface area contributed by atoms with Crippen molar-refractivity contribution in [2.75, 3.05) is 6.54 Å². The fourth-order valence-electron chi connectivity index (χ4n) is 3.35. The van der Waals surface area contributed by atoms with Crippen LogP contribution in [0.15, 0.2) is 12.1 Å². The van der Waals surface area contributed by atoms with Gasteiger partial charge in [0.1, 0.15) is 0 Å². The van der Waals surface area contributed by atoms with Gasteiger partial charge in [0, 0.05) is 11.1 Å². The lowest BCUT2D eigenvalue weighted by atomic mass is 9.82. The summed E-state index contributed by atoms with van der Waals surface area (Å²) in [4.78, 5) is 0. The van der Waals surface area contributed by atoms with Crippen LogP contribution in [-0.4, -0.2) is 6.54 Å². The van der Waals surface area contributed by atoms with E-state index in [0.717, 1.165) is 25.5 Å². The molecule has 0 aliphatic heterocycles. The smallest absolute Gasteiger partial charge is 0.160 e.